The minimum absolute atomic E-state index is 0.0976. The number of hydrogen-bond donors (Lipinski definition) is 3. The van der Waals surface area contributed by atoms with Crippen LogP contribution in [0.1, 0.15) is 26.3 Å². The predicted octanol–water partition coefficient (Wildman–Crippen LogP) is 2.27. The Hall–Kier alpha value is -1.71. The van der Waals surface area contributed by atoms with Crippen LogP contribution in [0.5, 0.6) is 0 Å². The molecule has 0 spiro atoms. The van der Waals surface area contributed by atoms with Crippen LogP contribution in [0.2, 0.25) is 0 Å². The molecule has 17 heavy (non-hydrogen) atoms. The summed E-state index contributed by atoms with van der Waals surface area (Å²) in [7, 11) is 0. The van der Waals surface area contributed by atoms with Gasteiger partial charge < -0.3 is 15.7 Å². The van der Waals surface area contributed by atoms with Gasteiger partial charge in [-0.2, -0.15) is 0 Å². The van der Waals surface area contributed by atoms with E-state index in [1.807, 2.05) is 12.1 Å². The third-order valence-electron chi connectivity index (χ3n) is 3.01. The molecular formula is C13H18N2O2. The lowest BCUT2D eigenvalue weighted by atomic mass is 9.86. The number of rotatable bonds is 1. The number of aliphatic carboxylic acids is 1. The quantitative estimate of drug-likeness (QED) is 0.697. The van der Waals surface area contributed by atoms with E-state index >= 15 is 0 Å². The molecule has 1 aromatic rings. The van der Waals surface area contributed by atoms with Gasteiger partial charge in [0.1, 0.15) is 6.04 Å². The monoisotopic (exact) mass is 234 g/mol. The van der Waals surface area contributed by atoms with Crippen molar-refractivity contribution in [1.82, 2.24) is 0 Å². The molecule has 0 saturated heterocycles. The molecule has 1 atom stereocenters. The molecule has 3 N–H and O–H groups in total. The van der Waals surface area contributed by atoms with E-state index in [1.165, 1.54) is 5.56 Å². The molecule has 1 aliphatic heterocycles. The Kier molecular flexibility index (Phi) is 2.73. The third kappa shape index (κ3) is 2.35. The fourth-order valence-electron chi connectivity index (χ4n) is 1.88. The van der Waals surface area contributed by atoms with E-state index in [1.54, 1.807) is 0 Å². The molecular weight excluding hydrogens is 216 g/mol. The van der Waals surface area contributed by atoms with Crippen LogP contribution in [0.4, 0.5) is 11.4 Å². The molecule has 0 aliphatic carbocycles. The number of nitrogens with one attached hydrogen (secondary N) is 2. The van der Waals surface area contributed by atoms with Crippen LogP contribution in [0, 0.1) is 0 Å². The lowest BCUT2D eigenvalue weighted by Crippen LogP contribution is -2.39. The van der Waals surface area contributed by atoms with Gasteiger partial charge in [-0.1, -0.05) is 26.8 Å². The summed E-state index contributed by atoms with van der Waals surface area (Å²) < 4.78 is 0. The zero-order valence-electron chi connectivity index (χ0n) is 10.4. The maximum atomic E-state index is 10.9. The summed E-state index contributed by atoms with van der Waals surface area (Å²) in [6.45, 7) is 6.89. The Bertz CT molecular complexity index is 449. The van der Waals surface area contributed by atoms with Gasteiger partial charge in [0.15, 0.2) is 0 Å². The molecule has 4 nitrogen and oxygen atoms in total. The topological polar surface area (TPSA) is 61.4 Å². The fourth-order valence-corrected chi connectivity index (χ4v) is 1.88. The van der Waals surface area contributed by atoms with Crippen LogP contribution in [-0.2, 0) is 10.2 Å². The predicted molar refractivity (Wildman–Crippen MR) is 68.7 cm³/mol. The minimum Gasteiger partial charge on any atom is -0.480 e. The van der Waals surface area contributed by atoms with Gasteiger partial charge >= 0.3 is 5.97 Å². The van der Waals surface area contributed by atoms with Crippen molar-refractivity contribution in [3.8, 4) is 0 Å². The van der Waals surface area contributed by atoms with E-state index in [2.05, 4.69) is 37.5 Å². The first-order valence-corrected chi connectivity index (χ1v) is 5.75. The van der Waals surface area contributed by atoms with Gasteiger partial charge in [-0.15, -0.1) is 0 Å². The number of anilines is 2. The smallest absolute Gasteiger partial charge is 0.327 e. The van der Waals surface area contributed by atoms with Crippen LogP contribution >= 0.6 is 0 Å². The summed E-state index contributed by atoms with van der Waals surface area (Å²) in [5.41, 5.74) is 3.17. The second kappa shape index (κ2) is 3.95. The van der Waals surface area contributed by atoms with Gasteiger partial charge in [0, 0.05) is 6.54 Å². The van der Waals surface area contributed by atoms with Gasteiger partial charge in [-0.05, 0) is 23.1 Å². The van der Waals surface area contributed by atoms with Gasteiger partial charge in [-0.25, -0.2) is 4.79 Å². The lowest BCUT2D eigenvalue weighted by Gasteiger charge is -2.28. The number of carboxylic acid groups (broad SMARTS) is 1. The van der Waals surface area contributed by atoms with Gasteiger partial charge in [0.05, 0.1) is 11.4 Å². The summed E-state index contributed by atoms with van der Waals surface area (Å²) >= 11 is 0. The SMILES string of the molecule is CC(C)(C)c1ccc2c(c1)NCC(C(=O)O)N2. The minimum atomic E-state index is -0.831. The summed E-state index contributed by atoms with van der Waals surface area (Å²) in [4.78, 5) is 10.9. The number of benzene rings is 1. The Morgan fingerprint density at radius 2 is 2.06 bits per heavy atom. The van der Waals surface area contributed by atoms with Crippen molar-refractivity contribution < 1.29 is 9.90 Å². The molecule has 0 aromatic heterocycles. The van der Waals surface area contributed by atoms with Crippen molar-refractivity contribution in [2.45, 2.75) is 32.2 Å². The first-order chi connectivity index (χ1) is 7.88. The van der Waals surface area contributed by atoms with Crippen molar-refractivity contribution >= 4 is 17.3 Å². The Morgan fingerprint density at radius 1 is 1.35 bits per heavy atom. The Labute approximate surface area is 101 Å². The highest BCUT2D eigenvalue weighted by Crippen LogP contribution is 2.32. The van der Waals surface area contributed by atoms with Crippen molar-refractivity contribution in [2.75, 3.05) is 17.2 Å². The van der Waals surface area contributed by atoms with Crippen molar-refractivity contribution in [1.29, 1.82) is 0 Å². The second-order valence-electron chi connectivity index (χ2n) is 5.43. The normalized spacial score (nSPS) is 18.9. The molecule has 2 rings (SSSR count). The standard InChI is InChI=1S/C13H18N2O2/c1-13(2,3)8-4-5-9-10(6-8)14-7-11(15-9)12(16)17/h4-6,11,14-15H,7H2,1-3H3,(H,16,17). The third-order valence-corrected chi connectivity index (χ3v) is 3.01. The zero-order valence-corrected chi connectivity index (χ0v) is 10.4. The largest absolute Gasteiger partial charge is 0.480 e. The van der Waals surface area contributed by atoms with E-state index in [0.717, 1.165) is 11.4 Å². The highest BCUT2D eigenvalue weighted by atomic mass is 16.4. The lowest BCUT2D eigenvalue weighted by molar-refractivity contribution is -0.137. The van der Waals surface area contributed by atoms with E-state index in [9.17, 15) is 4.79 Å². The molecule has 1 aliphatic rings. The van der Waals surface area contributed by atoms with Crippen LogP contribution in [0.3, 0.4) is 0 Å². The van der Waals surface area contributed by atoms with E-state index in [4.69, 9.17) is 5.11 Å². The average molecular weight is 234 g/mol. The Morgan fingerprint density at radius 3 is 2.65 bits per heavy atom. The molecule has 1 unspecified atom stereocenters. The molecule has 0 bridgehead atoms. The molecule has 1 heterocycles. The van der Waals surface area contributed by atoms with Crippen LogP contribution in [-0.4, -0.2) is 23.7 Å². The summed E-state index contributed by atoms with van der Waals surface area (Å²) in [6.07, 6.45) is 0. The summed E-state index contributed by atoms with van der Waals surface area (Å²) in [5, 5.41) is 15.1. The average Bonchev–Trinajstić information content (AvgIpc) is 2.26. The number of carboxylic acids is 1. The molecule has 4 heteroatoms. The molecule has 0 radical (unpaired) electrons. The molecule has 1 aromatic carbocycles. The van der Waals surface area contributed by atoms with E-state index in [0.29, 0.717) is 6.54 Å². The highest BCUT2D eigenvalue weighted by molar-refractivity contribution is 5.84. The maximum Gasteiger partial charge on any atom is 0.327 e. The van der Waals surface area contributed by atoms with Crippen molar-refractivity contribution in [3.63, 3.8) is 0 Å². The summed E-state index contributed by atoms with van der Waals surface area (Å²) in [5.74, 6) is -0.831. The number of fused-ring (bicyclic) bond motifs is 1. The van der Waals surface area contributed by atoms with Gasteiger partial charge in [0.25, 0.3) is 0 Å². The van der Waals surface area contributed by atoms with Crippen LogP contribution in [0.15, 0.2) is 18.2 Å². The number of hydrogen-bond acceptors (Lipinski definition) is 3. The summed E-state index contributed by atoms with van der Waals surface area (Å²) in [6, 6.07) is 5.51. The fraction of sp³-hybridized carbons (Fsp3) is 0.462. The van der Waals surface area contributed by atoms with Crippen molar-refractivity contribution in [2.24, 2.45) is 0 Å². The van der Waals surface area contributed by atoms with Gasteiger partial charge in [0.2, 0.25) is 0 Å². The molecule has 92 valence electrons. The molecule has 0 fully saturated rings. The van der Waals surface area contributed by atoms with Crippen LogP contribution < -0.4 is 10.6 Å². The first-order valence-electron chi connectivity index (χ1n) is 5.75. The second-order valence-corrected chi connectivity index (χ2v) is 5.43. The molecule has 0 amide bonds. The maximum absolute atomic E-state index is 10.9. The van der Waals surface area contributed by atoms with E-state index < -0.39 is 12.0 Å². The van der Waals surface area contributed by atoms with Crippen molar-refractivity contribution in [3.05, 3.63) is 23.8 Å². The Balaban J connectivity index is 2.29. The molecule has 0 saturated carbocycles. The van der Waals surface area contributed by atoms with Crippen LogP contribution in [0.25, 0.3) is 0 Å². The highest BCUT2D eigenvalue weighted by Gasteiger charge is 2.24. The number of carbonyl (C=O) groups is 1. The first kappa shape index (κ1) is 11.8. The van der Waals surface area contributed by atoms with E-state index in [-0.39, 0.29) is 5.41 Å². The van der Waals surface area contributed by atoms with Gasteiger partial charge in [-0.3, -0.25) is 0 Å². The zero-order chi connectivity index (χ0) is 12.6.